The normalized spacial score (nSPS) is 10.3. The molecule has 2 heterocycles. The van der Waals surface area contributed by atoms with E-state index in [2.05, 4.69) is 9.97 Å². The molecule has 0 unspecified atom stereocenters. The maximum absolute atomic E-state index is 10.3. The van der Waals surface area contributed by atoms with Crippen molar-refractivity contribution in [3.8, 4) is 5.88 Å². The Kier molecular flexibility index (Phi) is 2.28. The molecule has 0 aliphatic rings. The SMILES string of the molecule is O=C(O)COc1ncnc2ccsc12. The maximum Gasteiger partial charge on any atom is 0.341 e. The first-order valence-corrected chi connectivity index (χ1v) is 4.68. The minimum atomic E-state index is -1.02. The van der Waals surface area contributed by atoms with Gasteiger partial charge in [0.15, 0.2) is 6.61 Å². The van der Waals surface area contributed by atoms with Crippen molar-refractivity contribution in [3.05, 3.63) is 17.8 Å². The van der Waals surface area contributed by atoms with Gasteiger partial charge in [-0.15, -0.1) is 11.3 Å². The van der Waals surface area contributed by atoms with Crippen LogP contribution in [0.3, 0.4) is 0 Å². The van der Waals surface area contributed by atoms with E-state index < -0.39 is 5.97 Å². The molecule has 2 aromatic heterocycles. The number of carboxylic acid groups (broad SMARTS) is 1. The van der Waals surface area contributed by atoms with E-state index in [0.717, 1.165) is 10.2 Å². The van der Waals surface area contributed by atoms with E-state index in [1.165, 1.54) is 17.7 Å². The minimum absolute atomic E-state index is 0.326. The second-order valence-electron chi connectivity index (χ2n) is 2.50. The number of hydrogen-bond acceptors (Lipinski definition) is 5. The summed E-state index contributed by atoms with van der Waals surface area (Å²) in [6, 6.07) is 1.83. The molecule has 0 spiro atoms. The van der Waals surface area contributed by atoms with Crippen molar-refractivity contribution in [3.63, 3.8) is 0 Å². The molecule has 5 nitrogen and oxygen atoms in total. The monoisotopic (exact) mass is 210 g/mol. The second kappa shape index (κ2) is 3.59. The number of rotatable bonds is 3. The molecule has 0 saturated heterocycles. The van der Waals surface area contributed by atoms with E-state index in [9.17, 15) is 4.79 Å². The van der Waals surface area contributed by atoms with Crippen molar-refractivity contribution in [1.29, 1.82) is 0 Å². The molecule has 0 atom stereocenters. The zero-order valence-corrected chi connectivity index (χ0v) is 7.82. The predicted molar refractivity (Wildman–Crippen MR) is 50.5 cm³/mol. The first kappa shape index (κ1) is 8.89. The molecule has 2 aromatic rings. The number of nitrogens with zero attached hydrogens (tertiary/aromatic N) is 2. The predicted octanol–water partition coefficient (Wildman–Crippen LogP) is 1.15. The Labute approximate surface area is 83.0 Å². The second-order valence-corrected chi connectivity index (χ2v) is 3.41. The molecule has 14 heavy (non-hydrogen) atoms. The van der Waals surface area contributed by atoms with E-state index in [4.69, 9.17) is 9.84 Å². The largest absolute Gasteiger partial charge is 0.479 e. The van der Waals surface area contributed by atoms with Crippen molar-refractivity contribution >= 4 is 27.5 Å². The Morgan fingerprint density at radius 3 is 3.21 bits per heavy atom. The van der Waals surface area contributed by atoms with Gasteiger partial charge in [-0.05, 0) is 11.4 Å². The zero-order chi connectivity index (χ0) is 9.97. The number of hydrogen-bond donors (Lipinski definition) is 1. The summed E-state index contributed by atoms with van der Waals surface area (Å²) in [6.45, 7) is -0.385. The van der Waals surface area contributed by atoms with Gasteiger partial charge in [0.1, 0.15) is 11.0 Å². The molecule has 0 fully saturated rings. The number of aromatic nitrogens is 2. The lowest BCUT2D eigenvalue weighted by Gasteiger charge is -2.01. The zero-order valence-electron chi connectivity index (χ0n) is 7.01. The van der Waals surface area contributed by atoms with Gasteiger partial charge in [0.25, 0.3) is 0 Å². The highest BCUT2D eigenvalue weighted by Gasteiger charge is 2.07. The van der Waals surface area contributed by atoms with E-state index in [0.29, 0.717) is 5.88 Å². The third kappa shape index (κ3) is 1.64. The summed E-state index contributed by atoms with van der Waals surface area (Å²) in [7, 11) is 0. The van der Waals surface area contributed by atoms with Gasteiger partial charge in [0.05, 0.1) is 5.52 Å². The molecule has 6 heteroatoms. The highest BCUT2D eigenvalue weighted by Crippen LogP contribution is 2.26. The lowest BCUT2D eigenvalue weighted by atomic mass is 10.5. The molecule has 1 N–H and O–H groups in total. The number of aliphatic carboxylic acids is 1. The average molecular weight is 210 g/mol. The van der Waals surface area contributed by atoms with Gasteiger partial charge in [-0.2, -0.15) is 0 Å². The summed E-state index contributed by atoms with van der Waals surface area (Å²) in [5.41, 5.74) is 0.769. The topological polar surface area (TPSA) is 72.3 Å². The fourth-order valence-electron chi connectivity index (χ4n) is 0.999. The summed E-state index contributed by atoms with van der Waals surface area (Å²) in [4.78, 5) is 18.1. The number of ether oxygens (including phenoxy) is 1. The highest BCUT2D eigenvalue weighted by molar-refractivity contribution is 7.17. The van der Waals surface area contributed by atoms with Crippen LogP contribution in [0.25, 0.3) is 10.2 Å². The Balaban J connectivity index is 2.32. The smallest absolute Gasteiger partial charge is 0.341 e. The number of carbonyl (C=O) groups is 1. The summed E-state index contributed by atoms with van der Waals surface area (Å²) in [6.07, 6.45) is 1.35. The van der Waals surface area contributed by atoms with Crippen LogP contribution < -0.4 is 4.74 Å². The van der Waals surface area contributed by atoms with E-state index in [1.807, 2.05) is 11.4 Å². The van der Waals surface area contributed by atoms with Crippen molar-refractivity contribution < 1.29 is 14.6 Å². The van der Waals surface area contributed by atoms with Crippen molar-refractivity contribution in [1.82, 2.24) is 9.97 Å². The van der Waals surface area contributed by atoms with Crippen LogP contribution in [0.1, 0.15) is 0 Å². The Hall–Kier alpha value is -1.69. The van der Waals surface area contributed by atoms with Gasteiger partial charge >= 0.3 is 5.97 Å². The third-order valence-corrected chi connectivity index (χ3v) is 2.43. The molecule has 72 valence electrons. The minimum Gasteiger partial charge on any atom is -0.479 e. The number of thiophene rings is 1. The lowest BCUT2D eigenvalue weighted by Crippen LogP contribution is -2.10. The first-order chi connectivity index (χ1) is 6.77. The lowest BCUT2D eigenvalue weighted by molar-refractivity contribution is -0.139. The van der Waals surface area contributed by atoms with Crippen molar-refractivity contribution in [2.45, 2.75) is 0 Å². The molecular formula is C8H6N2O3S. The molecule has 2 rings (SSSR count). The highest BCUT2D eigenvalue weighted by atomic mass is 32.1. The van der Waals surface area contributed by atoms with Gasteiger partial charge in [-0.3, -0.25) is 0 Å². The van der Waals surface area contributed by atoms with E-state index >= 15 is 0 Å². The standard InChI is InChI=1S/C8H6N2O3S/c11-6(12)3-13-8-7-5(1-2-14-7)9-4-10-8/h1-2,4H,3H2,(H,11,12). The van der Waals surface area contributed by atoms with Crippen LogP contribution in [-0.4, -0.2) is 27.7 Å². The Morgan fingerprint density at radius 1 is 1.57 bits per heavy atom. The summed E-state index contributed by atoms with van der Waals surface area (Å²) in [5, 5.41) is 10.3. The molecule has 0 saturated carbocycles. The van der Waals surface area contributed by atoms with E-state index in [1.54, 1.807) is 0 Å². The summed E-state index contributed by atoms with van der Waals surface area (Å²) < 4.78 is 5.77. The average Bonchev–Trinajstić information content (AvgIpc) is 2.62. The summed E-state index contributed by atoms with van der Waals surface area (Å²) >= 11 is 1.42. The molecule has 0 amide bonds. The maximum atomic E-state index is 10.3. The first-order valence-electron chi connectivity index (χ1n) is 3.80. The van der Waals surface area contributed by atoms with Gasteiger partial charge in [-0.25, -0.2) is 14.8 Å². The fraction of sp³-hybridized carbons (Fsp3) is 0.125. The van der Waals surface area contributed by atoms with Gasteiger partial charge in [0, 0.05) is 0 Å². The molecular weight excluding hydrogens is 204 g/mol. The molecule has 0 radical (unpaired) electrons. The van der Waals surface area contributed by atoms with Gasteiger partial charge < -0.3 is 9.84 Å². The van der Waals surface area contributed by atoms with Crippen LogP contribution in [0.2, 0.25) is 0 Å². The molecule has 0 bridgehead atoms. The van der Waals surface area contributed by atoms with Crippen LogP contribution >= 0.6 is 11.3 Å². The van der Waals surface area contributed by atoms with Crippen LogP contribution in [0.4, 0.5) is 0 Å². The van der Waals surface area contributed by atoms with Gasteiger partial charge in [-0.1, -0.05) is 0 Å². The van der Waals surface area contributed by atoms with Crippen LogP contribution in [0.15, 0.2) is 17.8 Å². The van der Waals surface area contributed by atoms with E-state index in [-0.39, 0.29) is 6.61 Å². The molecule has 0 aromatic carbocycles. The van der Waals surface area contributed by atoms with Crippen molar-refractivity contribution in [2.75, 3.05) is 6.61 Å². The third-order valence-electron chi connectivity index (χ3n) is 1.54. The Morgan fingerprint density at radius 2 is 2.43 bits per heavy atom. The summed E-state index contributed by atoms with van der Waals surface area (Å²) in [5.74, 6) is -0.694. The van der Waals surface area contributed by atoms with Crippen molar-refractivity contribution in [2.24, 2.45) is 0 Å². The quantitative estimate of drug-likeness (QED) is 0.822. The van der Waals surface area contributed by atoms with Crippen LogP contribution in [-0.2, 0) is 4.79 Å². The van der Waals surface area contributed by atoms with Crippen LogP contribution in [0.5, 0.6) is 5.88 Å². The molecule has 0 aliphatic carbocycles. The molecule has 0 aliphatic heterocycles. The fourth-order valence-corrected chi connectivity index (χ4v) is 1.79. The van der Waals surface area contributed by atoms with Gasteiger partial charge in [0.2, 0.25) is 5.88 Å². The number of carboxylic acids is 1. The Bertz CT molecular complexity index is 468. The van der Waals surface area contributed by atoms with Crippen LogP contribution in [0, 0.1) is 0 Å². The number of fused-ring (bicyclic) bond motifs is 1.